The maximum absolute atomic E-state index is 9.92. The van der Waals surface area contributed by atoms with Crippen LogP contribution in [0.15, 0.2) is 12.1 Å². The first kappa shape index (κ1) is 19.7. The molecule has 4 rings (SSSR count). The lowest BCUT2D eigenvalue weighted by molar-refractivity contribution is 0.381. The number of aryl methyl sites for hydroxylation is 2. The normalized spacial score (nSPS) is 20.9. The number of hydrogen-bond donors (Lipinski definition) is 3. The van der Waals surface area contributed by atoms with E-state index in [1.54, 1.807) is 12.1 Å². The van der Waals surface area contributed by atoms with Crippen LogP contribution < -0.4 is 5.32 Å². The Balaban J connectivity index is 0.00000104. The summed E-state index contributed by atoms with van der Waals surface area (Å²) in [6.45, 7) is 3.02. The molecule has 0 saturated carbocycles. The van der Waals surface area contributed by atoms with Gasteiger partial charge in [-0.05, 0) is 48.9 Å². The van der Waals surface area contributed by atoms with E-state index < -0.39 is 0 Å². The van der Waals surface area contributed by atoms with Gasteiger partial charge in [0.1, 0.15) is 0 Å². The van der Waals surface area contributed by atoms with Gasteiger partial charge in [0.25, 0.3) is 0 Å². The van der Waals surface area contributed by atoms with Crippen molar-refractivity contribution in [2.45, 2.75) is 51.1 Å². The highest BCUT2D eigenvalue weighted by molar-refractivity contribution is 8.93. The fourth-order valence-electron chi connectivity index (χ4n) is 3.71. The highest BCUT2D eigenvalue weighted by Gasteiger charge is 2.37. The van der Waals surface area contributed by atoms with Gasteiger partial charge in [0.15, 0.2) is 11.5 Å². The Morgan fingerprint density at radius 2 is 2.00 bits per heavy atom. The van der Waals surface area contributed by atoms with E-state index in [9.17, 15) is 10.2 Å². The van der Waals surface area contributed by atoms with Crippen LogP contribution in [0.25, 0.3) is 0 Å². The van der Waals surface area contributed by atoms with Crippen molar-refractivity contribution in [1.82, 2.24) is 10.3 Å². The molecule has 2 aromatic rings. The number of halogens is 2. The molecular weight excluding hydrogens is 456 g/mol. The van der Waals surface area contributed by atoms with Gasteiger partial charge in [-0.15, -0.1) is 45.3 Å². The van der Waals surface area contributed by atoms with Gasteiger partial charge < -0.3 is 15.5 Å². The summed E-state index contributed by atoms with van der Waals surface area (Å²) in [5, 5.41) is 24.5. The molecule has 132 valence electrons. The number of fused-ring (bicyclic) bond motifs is 5. The van der Waals surface area contributed by atoms with Crippen LogP contribution in [0.2, 0.25) is 0 Å². The molecule has 0 bridgehead atoms. The van der Waals surface area contributed by atoms with Crippen LogP contribution in [0.5, 0.6) is 11.5 Å². The second-order valence-electron chi connectivity index (χ2n) is 6.21. The standard InChI is InChI=1S/C17H20N2O2S.2BrH/c1-2-3-15-19-12-8-18-11-5-4-9-6-13(20)14(21)7-10(9)16(11)17(12)22-15;;/h6-7,11,16,18,20-21H,2-5,8H2,1H3;2*1H. The number of aromatic nitrogens is 1. The lowest BCUT2D eigenvalue weighted by atomic mass is 9.76. The zero-order valence-electron chi connectivity index (χ0n) is 13.4. The summed E-state index contributed by atoms with van der Waals surface area (Å²) in [5.41, 5.74) is 3.46. The zero-order valence-corrected chi connectivity index (χ0v) is 17.7. The predicted molar refractivity (Wildman–Crippen MR) is 107 cm³/mol. The maximum Gasteiger partial charge on any atom is 0.157 e. The second-order valence-corrected chi connectivity index (χ2v) is 7.33. The minimum Gasteiger partial charge on any atom is -0.504 e. The van der Waals surface area contributed by atoms with E-state index in [0.29, 0.717) is 6.04 Å². The van der Waals surface area contributed by atoms with Gasteiger partial charge in [0.05, 0.1) is 10.7 Å². The lowest BCUT2D eigenvalue weighted by Gasteiger charge is -2.37. The number of nitrogens with zero attached hydrogens (tertiary/aromatic N) is 1. The fraction of sp³-hybridized carbons (Fsp3) is 0.471. The van der Waals surface area contributed by atoms with Crippen molar-refractivity contribution in [2.24, 2.45) is 0 Å². The van der Waals surface area contributed by atoms with Crippen molar-refractivity contribution >= 4 is 45.3 Å². The number of rotatable bonds is 2. The van der Waals surface area contributed by atoms with Crippen LogP contribution in [0, 0.1) is 0 Å². The van der Waals surface area contributed by atoms with Crippen molar-refractivity contribution < 1.29 is 10.2 Å². The van der Waals surface area contributed by atoms with Crippen LogP contribution >= 0.6 is 45.3 Å². The smallest absolute Gasteiger partial charge is 0.157 e. The van der Waals surface area contributed by atoms with Crippen LogP contribution in [0.4, 0.5) is 0 Å². The van der Waals surface area contributed by atoms with E-state index in [4.69, 9.17) is 4.98 Å². The molecule has 0 amide bonds. The SMILES string of the molecule is Br.Br.CCCc1nc2c(s1)C1c3cc(O)c(O)cc3CCC1NC2. The highest BCUT2D eigenvalue weighted by Crippen LogP contribution is 2.46. The first-order chi connectivity index (χ1) is 10.7. The molecule has 2 aliphatic rings. The third-order valence-electron chi connectivity index (χ3n) is 4.75. The summed E-state index contributed by atoms with van der Waals surface area (Å²) in [7, 11) is 0. The lowest BCUT2D eigenvalue weighted by Crippen LogP contribution is -2.42. The Labute approximate surface area is 166 Å². The number of aromatic hydroxyl groups is 2. The monoisotopic (exact) mass is 476 g/mol. The largest absolute Gasteiger partial charge is 0.504 e. The molecular formula is C17H22Br2N2O2S. The number of thiazole rings is 1. The third-order valence-corrected chi connectivity index (χ3v) is 5.99. The predicted octanol–water partition coefficient (Wildman–Crippen LogP) is 4.21. The summed E-state index contributed by atoms with van der Waals surface area (Å²) >= 11 is 1.82. The summed E-state index contributed by atoms with van der Waals surface area (Å²) in [6.07, 6.45) is 4.14. The second kappa shape index (κ2) is 7.72. The Morgan fingerprint density at radius 1 is 1.25 bits per heavy atom. The molecule has 0 saturated heterocycles. The molecule has 2 atom stereocenters. The minimum atomic E-state index is -0.0233. The van der Waals surface area contributed by atoms with Crippen LogP contribution in [0.3, 0.4) is 0 Å². The Morgan fingerprint density at radius 3 is 2.75 bits per heavy atom. The van der Waals surface area contributed by atoms with Gasteiger partial charge in [0, 0.05) is 23.4 Å². The molecule has 4 nitrogen and oxygen atoms in total. The fourth-order valence-corrected chi connectivity index (χ4v) is 5.08. The molecule has 1 aliphatic carbocycles. The van der Waals surface area contributed by atoms with Crippen molar-refractivity contribution in [3.63, 3.8) is 0 Å². The number of phenolic OH excluding ortho intramolecular Hbond substituents is 2. The molecule has 0 fully saturated rings. The van der Waals surface area contributed by atoms with E-state index in [1.807, 2.05) is 11.3 Å². The van der Waals surface area contributed by atoms with Gasteiger partial charge in [-0.2, -0.15) is 0 Å². The average molecular weight is 478 g/mol. The first-order valence-electron chi connectivity index (χ1n) is 7.94. The Hall–Kier alpha value is -0.630. The van der Waals surface area contributed by atoms with Gasteiger partial charge in [-0.25, -0.2) is 4.98 Å². The maximum atomic E-state index is 9.92. The Kier molecular flexibility index (Phi) is 6.34. The molecule has 24 heavy (non-hydrogen) atoms. The summed E-state index contributed by atoms with van der Waals surface area (Å²) < 4.78 is 0. The molecule has 3 N–H and O–H groups in total. The Bertz CT molecular complexity index is 736. The molecule has 1 aromatic carbocycles. The number of hydrogen-bond acceptors (Lipinski definition) is 5. The van der Waals surface area contributed by atoms with Crippen LogP contribution in [-0.4, -0.2) is 21.2 Å². The molecule has 2 unspecified atom stereocenters. The van der Waals surface area contributed by atoms with E-state index >= 15 is 0 Å². The van der Waals surface area contributed by atoms with Crippen molar-refractivity contribution in [3.8, 4) is 11.5 Å². The average Bonchev–Trinajstić information content (AvgIpc) is 2.91. The van der Waals surface area contributed by atoms with Crippen molar-refractivity contribution in [1.29, 1.82) is 0 Å². The van der Waals surface area contributed by atoms with Crippen LogP contribution in [0.1, 0.15) is 52.4 Å². The number of phenols is 2. The first-order valence-corrected chi connectivity index (χ1v) is 8.75. The highest BCUT2D eigenvalue weighted by atomic mass is 79.9. The van der Waals surface area contributed by atoms with Gasteiger partial charge in [0.2, 0.25) is 0 Å². The molecule has 1 aromatic heterocycles. The summed E-state index contributed by atoms with van der Waals surface area (Å²) in [6, 6.07) is 3.87. The number of benzene rings is 1. The van der Waals surface area contributed by atoms with Gasteiger partial charge >= 0.3 is 0 Å². The summed E-state index contributed by atoms with van der Waals surface area (Å²) in [5.74, 6) is 0.212. The van der Waals surface area contributed by atoms with E-state index in [0.717, 1.165) is 49.0 Å². The van der Waals surface area contributed by atoms with E-state index in [-0.39, 0.29) is 51.4 Å². The molecule has 0 spiro atoms. The van der Waals surface area contributed by atoms with E-state index in [1.165, 1.54) is 9.88 Å². The van der Waals surface area contributed by atoms with Gasteiger partial charge in [-0.1, -0.05) is 6.92 Å². The molecule has 2 heterocycles. The zero-order chi connectivity index (χ0) is 15.3. The molecule has 1 aliphatic heterocycles. The van der Waals surface area contributed by atoms with Crippen molar-refractivity contribution in [3.05, 3.63) is 38.8 Å². The quantitative estimate of drug-likeness (QED) is 0.566. The molecule has 0 radical (unpaired) electrons. The van der Waals surface area contributed by atoms with Crippen LogP contribution in [-0.2, 0) is 19.4 Å². The van der Waals surface area contributed by atoms with E-state index in [2.05, 4.69) is 12.2 Å². The van der Waals surface area contributed by atoms with Gasteiger partial charge in [-0.3, -0.25) is 0 Å². The molecule has 7 heteroatoms. The summed E-state index contributed by atoms with van der Waals surface area (Å²) in [4.78, 5) is 6.13. The minimum absolute atomic E-state index is 0. The number of nitrogens with one attached hydrogen (secondary N) is 1. The third kappa shape index (κ3) is 3.23. The topological polar surface area (TPSA) is 65.4 Å². The van der Waals surface area contributed by atoms with Crippen molar-refractivity contribution in [2.75, 3.05) is 0 Å².